The molecule has 0 radical (unpaired) electrons. The third kappa shape index (κ3) is 5.50. The van der Waals surface area contributed by atoms with Gasteiger partial charge in [-0.1, -0.05) is 13.8 Å². The molecule has 2 unspecified atom stereocenters. The molecule has 0 spiro atoms. The summed E-state index contributed by atoms with van der Waals surface area (Å²) in [6.07, 6.45) is 2.88. The Morgan fingerprint density at radius 1 is 1.53 bits per heavy atom. The van der Waals surface area contributed by atoms with Gasteiger partial charge in [-0.25, -0.2) is 0 Å². The Morgan fingerprint density at radius 2 is 2.29 bits per heavy atom. The van der Waals surface area contributed by atoms with E-state index in [1.54, 1.807) is 0 Å². The minimum Gasteiger partial charge on any atom is -0.466 e. The van der Waals surface area contributed by atoms with E-state index in [2.05, 4.69) is 19.2 Å². The molecular weight excluding hydrogens is 218 g/mol. The number of rotatable bonds is 6. The molecule has 1 aliphatic heterocycles. The largest absolute Gasteiger partial charge is 0.466 e. The van der Waals surface area contributed by atoms with Gasteiger partial charge >= 0.3 is 5.97 Å². The second-order valence-corrected chi connectivity index (χ2v) is 4.88. The maximum absolute atomic E-state index is 11.2. The van der Waals surface area contributed by atoms with Crippen molar-refractivity contribution in [1.29, 1.82) is 0 Å². The van der Waals surface area contributed by atoms with Gasteiger partial charge in [-0.3, -0.25) is 4.79 Å². The lowest BCUT2D eigenvalue weighted by Crippen LogP contribution is -2.41. The molecule has 1 heterocycles. The normalized spacial score (nSPS) is 24.9. The third-order valence-electron chi connectivity index (χ3n) is 3.13. The Kier molecular flexibility index (Phi) is 6.52. The van der Waals surface area contributed by atoms with Crippen LogP contribution < -0.4 is 5.32 Å². The minimum atomic E-state index is -0.118. The molecule has 0 amide bonds. The summed E-state index contributed by atoms with van der Waals surface area (Å²) in [6.45, 7) is 8.19. The first-order valence-electron chi connectivity index (χ1n) is 6.64. The van der Waals surface area contributed by atoms with Gasteiger partial charge in [0.2, 0.25) is 0 Å². The monoisotopic (exact) mass is 243 g/mol. The van der Waals surface area contributed by atoms with Crippen molar-refractivity contribution in [1.82, 2.24) is 5.32 Å². The Balaban J connectivity index is 2.16. The molecule has 0 aliphatic carbocycles. The van der Waals surface area contributed by atoms with Crippen LogP contribution in [0.5, 0.6) is 0 Å². The minimum absolute atomic E-state index is 0.118. The predicted octanol–water partition coefficient (Wildman–Crippen LogP) is 1.73. The highest BCUT2D eigenvalue weighted by Gasteiger charge is 2.24. The van der Waals surface area contributed by atoms with Crippen molar-refractivity contribution in [2.45, 2.75) is 52.2 Å². The van der Waals surface area contributed by atoms with Crippen molar-refractivity contribution in [2.24, 2.45) is 5.92 Å². The Morgan fingerprint density at radius 3 is 2.94 bits per heavy atom. The second-order valence-electron chi connectivity index (χ2n) is 4.88. The fraction of sp³-hybridized carbons (Fsp3) is 0.923. The quantitative estimate of drug-likeness (QED) is 0.722. The molecule has 0 aromatic rings. The first-order valence-corrected chi connectivity index (χ1v) is 6.64. The van der Waals surface area contributed by atoms with Gasteiger partial charge in [-0.05, 0) is 25.7 Å². The summed E-state index contributed by atoms with van der Waals surface area (Å²) in [4.78, 5) is 11.2. The molecule has 2 atom stereocenters. The number of esters is 1. The highest BCUT2D eigenvalue weighted by molar-refractivity contribution is 5.69. The molecule has 0 saturated carbocycles. The van der Waals surface area contributed by atoms with E-state index < -0.39 is 0 Å². The van der Waals surface area contributed by atoms with Crippen LogP contribution in [0.3, 0.4) is 0 Å². The molecular formula is C13H25NO3. The van der Waals surface area contributed by atoms with Crippen molar-refractivity contribution in [3.63, 3.8) is 0 Å². The molecule has 100 valence electrons. The number of carbonyl (C=O) groups excluding carboxylic acids is 1. The Bertz CT molecular complexity index is 231. The molecule has 1 N–H and O–H groups in total. The molecule has 1 fully saturated rings. The summed E-state index contributed by atoms with van der Waals surface area (Å²) >= 11 is 0. The number of ether oxygens (including phenoxy) is 2. The Hall–Kier alpha value is -0.610. The van der Waals surface area contributed by atoms with Crippen molar-refractivity contribution in [2.75, 3.05) is 19.8 Å². The molecule has 17 heavy (non-hydrogen) atoms. The lowest BCUT2D eigenvalue weighted by atomic mass is 9.95. The van der Waals surface area contributed by atoms with Gasteiger partial charge in [0.05, 0.1) is 19.1 Å². The molecule has 1 aliphatic rings. The summed E-state index contributed by atoms with van der Waals surface area (Å²) in [5, 5.41) is 3.41. The van der Waals surface area contributed by atoms with Gasteiger partial charge < -0.3 is 14.8 Å². The molecule has 0 bridgehead atoms. The second kappa shape index (κ2) is 7.67. The summed E-state index contributed by atoms with van der Waals surface area (Å²) in [6, 6.07) is 0.477. The van der Waals surface area contributed by atoms with E-state index in [1.807, 2.05) is 6.92 Å². The highest BCUT2D eigenvalue weighted by atomic mass is 16.5. The number of hydrogen-bond donors (Lipinski definition) is 1. The van der Waals surface area contributed by atoms with Gasteiger partial charge in [0.1, 0.15) is 0 Å². The zero-order valence-corrected chi connectivity index (χ0v) is 11.2. The first-order chi connectivity index (χ1) is 8.13. The maximum atomic E-state index is 11.2. The van der Waals surface area contributed by atoms with Crippen LogP contribution >= 0.6 is 0 Å². The van der Waals surface area contributed by atoms with E-state index in [0.29, 0.717) is 37.6 Å². The SMILES string of the molecule is CCOC(=O)CCNC1CCOC(C(C)C)C1. The van der Waals surface area contributed by atoms with Crippen molar-refractivity contribution < 1.29 is 14.3 Å². The fourth-order valence-corrected chi connectivity index (χ4v) is 2.09. The molecule has 0 aromatic heterocycles. The first kappa shape index (κ1) is 14.5. The van der Waals surface area contributed by atoms with Crippen LogP contribution in [-0.4, -0.2) is 37.9 Å². The van der Waals surface area contributed by atoms with Gasteiger partial charge in [-0.2, -0.15) is 0 Å². The van der Waals surface area contributed by atoms with Crippen LogP contribution in [-0.2, 0) is 14.3 Å². The number of hydrogen-bond acceptors (Lipinski definition) is 4. The number of nitrogens with one attached hydrogen (secondary N) is 1. The van der Waals surface area contributed by atoms with Gasteiger partial charge in [-0.15, -0.1) is 0 Å². The average molecular weight is 243 g/mol. The summed E-state index contributed by atoms with van der Waals surface area (Å²) in [5.41, 5.74) is 0. The van der Waals surface area contributed by atoms with Crippen LogP contribution in [0.1, 0.15) is 40.0 Å². The zero-order chi connectivity index (χ0) is 12.7. The van der Waals surface area contributed by atoms with E-state index in [4.69, 9.17) is 9.47 Å². The zero-order valence-electron chi connectivity index (χ0n) is 11.2. The van der Waals surface area contributed by atoms with Gasteiger partial charge in [0.15, 0.2) is 0 Å². The van der Waals surface area contributed by atoms with Crippen molar-refractivity contribution in [3.05, 3.63) is 0 Å². The van der Waals surface area contributed by atoms with Crippen molar-refractivity contribution in [3.8, 4) is 0 Å². The smallest absolute Gasteiger partial charge is 0.307 e. The van der Waals surface area contributed by atoms with Crippen LogP contribution in [0.15, 0.2) is 0 Å². The van der Waals surface area contributed by atoms with Gasteiger partial charge in [0.25, 0.3) is 0 Å². The predicted molar refractivity (Wildman–Crippen MR) is 66.9 cm³/mol. The molecule has 1 saturated heterocycles. The Labute approximate surface area is 104 Å². The van der Waals surface area contributed by atoms with E-state index in [1.165, 1.54) is 0 Å². The average Bonchev–Trinajstić information content (AvgIpc) is 2.30. The highest BCUT2D eigenvalue weighted by Crippen LogP contribution is 2.19. The molecule has 4 heteroatoms. The number of carbonyl (C=O) groups is 1. The molecule has 4 nitrogen and oxygen atoms in total. The molecule has 1 rings (SSSR count). The van der Waals surface area contributed by atoms with Crippen LogP contribution in [0.4, 0.5) is 0 Å². The van der Waals surface area contributed by atoms with Crippen molar-refractivity contribution >= 4 is 5.97 Å². The van der Waals surface area contributed by atoms with E-state index in [9.17, 15) is 4.79 Å². The van der Waals surface area contributed by atoms with E-state index >= 15 is 0 Å². The maximum Gasteiger partial charge on any atom is 0.307 e. The van der Waals surface area contributed by atoms with E-state index in [0.717, 1.165) is 19.4 Å². The van der Waals surface area contributed by atoms with Crippen LogP contribution in [0.2, 0.25) is 0 Å². The van der Waals surface area contributed by atoms with Crippen LogP contribution in [0, 0.1) is 5.92 Å². The standard InChI is InChI=1S/C13H25NO3/c1-4-16-13(15)5-7-14-11-6-8-17-12(9-11)10(2)3/h10-12,14H,4-9H2,1-3H3. The van der Waals surface area contributed by atoms with E-state index in [-0.39, 0.29) is 5.97 Å². The lowest BCUT2D eigenvalue weighted by Gasteiger charge is -2.32. The van der Waals surface area contributed by atoms with Gasteiger partial charge in [0, 0.05) is 19.2 Å². The summed E-state index contributed by atoms with van der Waals surface area (Å²) < 4.78 is 10.6. The molecule has 0 aromatic carbocycles. The summed E-state index contributed by atoms with van der Waals surface area (Å²) in [5.74, 6) is 0.442. The van der Waals surface area contributed by atoms with Crippen LogP contribution in [0.25, 0.3) is 0 Å². The summed E-state index contributed by atoms with van der Waals surface area (Å²) in [7, 11) is 0. The third-order valence-corrected chi connectivity index (χ3v) is 3.13. The topological polar surface area (TPSA) is 47.6 Å². The fourth-order valence-electron chi connectivity index (χ4n) is 2.09. The lowest BCUT2D eigenvalue weighted by molar-refractivity contribution is -0.143.